The molecular weight excluding hydrogens is 511 g/mol. The topological polar surface area (TPSA) is 128 Å². The lowest BCUT2D eigenvalue weighted by Gasteiger charge is -2.39. The Kier molecular flexibility index (Phi) is 6.97. The van der Waals surface area contributed by atoms with Crippen molar-refractivity contribution < 1.29 is 31.1 Å². The van der Waals surface area contributed by atoms with E-state index in [0.29, 0.717) is 5.69 Å². The molecular formula is C21H23ClF3N5O4S. The summed E-state index contributed by atoms with van der Waals surface area (Å²) in [6.45, 7) is 1.05. The highest BCUT2D eigenvalue weighted by Gasteiger charge is 2.46. The van der Waals surface area contributed by atoms with Crippen molar-refractivity contribution in [1.29, 1.82) is 0 Å². The molecule has 2 aliphatic rings. The van der Waals surface area contributed by atoms with Gasteiger partial charge in [0.15, 0.2) is 11.1 Å². The van der Waals surface area contributed by atoms with Crippen LogP contribution >= 0.6 is 11.6 Å². The van der Waals surface area contributed by atoms with Crippen molar-refractivity contribution in [1.82, 2.24) is 9.97 Å². The molecule has 2 fully saturated rings. The number of halogens is 4. The molecule has 35 heavy (non-hydrogen) atoms. The molecule has 2 aromatic rings. The monoisotopic (exact) mass is 533 g/mol. The highest BCUT2D eigenvalue weighted by atomic mass is 35.5. The van der Waals surface area contributed by atoms with Gasteiger partial charge >= 0.3 is 6.18 Å². The summed E-state index contributed by atoms with van der Waals surface area (Å²) < 4.78 is 68.7. The van der Waals surface area contributed by atoms with Crippen LogP contribution in [-0.2, 0) is 14.8 Å². The van der Waals surface area contributed by atoms with Gasteiger partial charge in [-0.15, -0.1) is 0 Å². The smallest absolute Gasteiger partial charge is 0.362 e. The number of primary sulfonamides is 1. The summed E-state index contributed by atoms with van der Waals surface area (Å²) in [6, 6.07) is 3.80. The minimum atomic E-state index is -4.60. The zero-order valence-corrected chi connectivity index (χ0v) is 20.1. The van der Waals surface area contributed by atoms with E-state index in [1.807, 2.05) is 0 Å². The lowest BCUT2D eigenvalue weighted by Crippen LogP contribution is -2.53. The number of sulfonamides is 1. The van der Waals surface area contributed by atoms with Gasteiger partial charge in [0.2, 0.25) is 0 Å². The van der Waals surface area contributed by atoms with Crippen molar-refractivity contribution in [2.45, 2.75) is 55.5 Å². The number of pyridine rings is 2. The van der Waals surface area contributed by atoms with Crippen LogP contribution in [0.25, 0.3) is 0 Å². The first-order valence-corrected chi connectivity index (χ1v) is 12.7. The van der Waals surface area contributed by atoms with Crippen LogP contribution in [0.5, 0.6) is 0 Å². The van der Waals surface area contributed by atoms with Crippen molar-refractivity contribution in [3.05, 3.63) is 40.7 Å². The Labute approximate surface area is 204 Å². The summed E-state index contributed by atoms with van der Waals surface area (Å²) in [4.78, 5) is 22.8. The number of carbonyl (C=O) groups excluding carboxylic acids is 1. The second kappa shape index (κ2) is 9.52. The van der Waals surface area contributed by atoms with Gasteiger partial charge in [0.25, 0.3) is 15.9 Å². The van der Waals surface area contributed by atoms with Gasteiger partial charge in [0, 0.05) is 30.4 Å². The number of hydrogen-bond donors (Lipinski definition) is 2. The van der Waals surface area contributed by atoms with Gasteiger partial charge in [-0.05, 0) is 31.9 Å². The zero-order chi connectivity index (χ0) is 25.5. The fourth-order valence-electron chi connectivity index (χ4n) is 4.02. The molecule has 0 spiro atoms. The molecule has 1 amide bonds. The summed E-state index contributed by atoms with van der Waals surface area (Å²) in [5.41, 5.74) is 0.553. The number of carbonyl (C=O) groups is 1. The van der Waals surface area contributed by atoms with Crippen LogP contribution in [-0.4, -0.2) is 55.8 Å². The van der Waals surface area contributed by atoms with Gasteiger partial charge < -0.3 is 15.0 Å². The van der Waals surface area contributed by atoms with Crippen molar-refractivity contribution in [2.24, 2.45) is 5.14 Å². The van der Waals surface area contributed by atoms with Crippen LogP contribution in [0, 0.1) is 0 Å². The Bertz CT molecular complexity index is 1240. The van der Waals surface area contributed by atoms with Crippen LogP contribution in [0.3, 0.4) is 0 Å². The number of rotatable bonds is 5. The van der Waals surface area contributed by atoms with Crippen LogP contribution in [0.4, 0.5) is 24.7 Å². The molecule has 14 heteroatoms. The molecule has 2 unspecified atom stereocenters. The van der Waals surface area contributed by atoms with E-state index in [9.17, 15) is 26.4 Å². The van der Waals surface area contributed by atoms with Crippen LogP contribution in [0.15, 0.2) is 29.4 Å². The van der Waals surface area contributed by atoms with E-state index < -0.39 is 45.9 Å². The van der Waals surface area contributed by atoms with E-state index in [1.54, 1.807) is 0 Å². The van der Waals surface area contributed by atoms with Crippen LogP contribution < -0.4 is 15.4 Å². The molecule has 1 aliphatic heterocycles. The van der Waals surface area contributed by atoms with Gasteiger partial charge in [-0.3, -0.25) is 4.79 Å². The fourth-order valence-corrected chi connectivity index (χ4v) is 4.82. The molecule has 1 saturated carbocycles. The average molecular weight is 534 g/mol. The van der Waals surface area contributed by atoms with E-state index in [1.165, 1.54) is 24.0 Å². The molecule has 3 heterocycles. The number of nitrogens with one attached hydrogen (secondary N) is 1. The summed E-state index contributed by atoms with van der Waals surface area (Å²) in [5, 5.41) is 7.40. The molecule has 3 N–H and O–H groups in total. The van der Waals surface area contributed by atoms with Crippen molar-refractivity contribution in [3.63, 3.8) is 0 Å². The van der Waals surface area contributed by atoms with E-state index in [4.69, 9.17) is 21.5 Å². The summed E-state index contributed by atoms with van der Waals surface area (Å²) in [6.07, 6.45) is -3.60. The third-order valence-electron chi connectivity index (χ3n) is 5.93. The number of ether oxygens (including phenoxy) is 1. The van der Waals surface area contributed by atoms with E-state index in [0.717, 1.165) is 31.5 Å². The normalized spacial score (nSPS) is 21.5. The second-order valence-corrected chi connectivity index (χ2v) is 10.5. The minimum absolute atomic E-state index is 0.0536. The van der Waals surface area contributed by atoms with Gasteiger partial charge in [-0.1, -0.05) is 18.0 Å². The second-order valence-electron chi connectivity index (χ2n) is 8.62. The molecule has 4 rings (SSSR count). The molecule has 2 aromatic heterocycles. The zero-order valence-electron chi connectivity index (χ0n) is 18.5. The van der Waals surface area contributed by atoms with Crippen molar-refractivity contribution in [3.8, 4) is 0 Å². The molecule has 1 aliphatic carbocycles. The average Bonchev–Trinajstić information content (AvgIpc) is 2.72. The first-order chi connectivity index (χ1) is 16.3. The molecule has 190 valence electrons. The van der Waals surface area contributed by atoms with Crippen molar-refractivity contribution in [2.75, 3.05) is 23.3 Å². The third kappa shape index (κ3) is 5.68. The predicted molar refractivity (Wildman–Crippen MR) is 122 cm³/mol. The van der Waals surface area contributed by atoms with Gasteiger partial charge in [-0.25, -0.2) is 23.5 Å². The number of hydrogen-bond acceptors (Lipinski definition) is 7. The van der Waals surface area contributed by atoms with Gasteiger partial charge in [-0.2, -0.15) is 13.2 Å². The Morgan fingerprint density at radius 2 is 2.00 bits per heavy atom. The first-order valence-electron chi connectivity index (χ1n) is 10.8. The molecule has 2 atom stereocenters. The standard InChI is InChI=1S/C21H23ClF3N5O4S/c1-11-9-30(10-16(34-11)21(23,24)25)19-14(8-15(22)18(29-19)12-3-2-4-12)20(31)28-13-5-6-27-17(7-13)35(26,32)33/h5-8,11-12,16H,2-4,9-10H2,1H3,(H2,26,32,33)(H,27,28,31). The number of nitrogens with two attached hydrogens (primary N) is 1. The Morgan fingerprint density at radius 3 is 2.60 bits per heavy atom. The lowest BCUT2D eigenvalue weighted by atomic mass is 9.82. The van der Waals surface area contributed by atoms with E-state index in [2.05, 4.69) is 15.3 Å². The Hall–Kier alpha value is -2.48. The van der Waals surface area contributed by atoms with Crippen LogP contribution in [0.2, 0.25) is 5.02 Å². The highest BCUT2D eigenvalue weighted by Crippen LogP contribution is 2.41. The predicted octanol–water partition coefficient (Wildman–Crippen LogP) is 3.45. The number of aromatic nitrogens is 2. The third-order valence-corrected chi connectivity index (χ3v) is 7.04. The lowest BCUT2D eigenvalue weighted by molar-refractivity contribution is -0.233. The van der Waals surface area contributed by atoms with E-state index >= 15 is 0 Å². The minimum Gasteiger partial charge on any atom is -0.362 e. The summed E-state index contributed by atoms with van der Waals surface area (Å²) in [7, 11) is -4.12. The Morgan fingerprint density at radius 1 is 1.29 bits per heavy atom. The molecule has 0 radical (unpaired) electrons. The van der Waals surface area contributed by atoms with E-state index in [-0.39, 0.29) is 34.6 Å². The number of anilines is 2. The quantitative estimate of drug-likeness (QED) is 0.602. The maximum absolute atomic E-state index is 13.5. The fraction of sp³-hybridized carbons (Fsp3) is 0.476. The molecule has 9 nitrogen and oxygen atoms in total. The van der Waals surface area contributed by atoms with Crippen LogP contribution in [0.1, 0.15) is 48.2 Å². The molecule has 1 saturated heterocycles. The molecule has 0 aromatic carbocycles. The number of alkyl halides is 3. The largest absolute Gasteiger partial charge is 0.416 e. The maximum atomic E-state index is 13.5. The SMILES string of the molecule is CC1CN(c2nc(C3CCC3)c(Cl)cc2C(=O)Nc2ccnc(S(N)(=O)=O)c2)CC(C(F)(F)F)O1. The highest BCUT2D eigenvalue weighted by molar-refractivity contribution is 7.89. The molecule has 0 bridgehead atoms. The maximum Gasteiger partial charge on any atom is 0.416 e. The van der Waals surface area contributed by atoms with Gasteiger partial charge in [0.1, 0.15) is 5.82 Å². The number of nitrogens with zero attached hydrogens (tertiary/aromatic N) is 3. The summed E-state index contributed by atoms with van der Waals surface area (Å²) in [5.74, 6) is -0.615. The first kappa shape index (κ1) is 25.6. The number of amides is 1. The number of morpholine rings is 1. The van der Waals surface area contributed by atoms with Gasteiger partial charge in [0.05, 0.1) is 28.9 Å². The summed E-state index contributed by atoms with van der Waals surface area (Å²) >= 11 is 6.44. The Balaban J connectivity index is 1.72. The van der Waals surface area contributed by atoms with Crippen molar-refractivity contribution >= 4 is 39.0 Å².